The first kappa shape index (κ1) is 20.3. The highest BCUT2D eigenvalue weighted by molar-refractivity contribution is 7.52. The van der Waals surface area contributed by atoms with Gasteiger partial charge in [-0.25, -0.2) is 4.68 Å². The second kappa shape index (κ2) is 8.78. The van der Waals surface area contributed by atoms with Crippen LogP contribution in [0.5, 0.6) is 0 Å². The van der Waals surface area contributed by atoms with Gasteiger partial charge in [0.15, 0.2) is 0 Å². The molecule has 0 aliphatic rings. The van der Waals surface area contributed by atoms with E-state index in [4.69, 9.17) is 0 Å². The van der Waals surface area contributed by atoms with Crippen molar-refractivity contribution in [1.29, 1.82) is 0 Å². The lowest BCUT2D eigenvalue weighted by Gasteiger charge is -2.20. The van der Waals surface area contributed by atoms with Gasteiger partial charge in [0.25, 0.3) is 0 Å². The van der Waals surface area contributed by atoms with Crippen molar-refractivity contribution in [3.05, 3.63) is 108 Å². The third kappa shape index (κ3) is 4.58. The molecule has 1 aromatic heterocycles. The molecular formula is C23H22N3O3P. The highest BCUT2D eigenvalue weighted by Crippen LogP contribution is 2.52. The summed E-state index contributed by atoms with van der Waals surface area (Å²) < 4.78 is 14.1. The third-order valence-electron chi connectivity index (χ3n) is 4.78. The fourth-order valence-corrected chi connectivity index (χ4v) is 4.22. The molecule has 152 valence electrons. The van der Waals surface area contributed by atoms with Crippen LogP contribution in [0.2, 0.25) is 0 Å². The van der Waals surface area contributed by atoms with E-state index in [0.29, 0.717) is 17.8 Å². The Morgan fingerprint density at radius 1 is 0.867 bits per heavy atom. The van der Waals surface area contributed by atoms with Gasteiger partial charge in [0.2, 0.25) is 0 Å². The first-order valence-electron chi connectivity index (χ1n) is 9.55. The number of rotatable bonds is 7. The van der Waals surface area contributed by atoms with Gasteiger partial charge in [-0.05, 0) is 17.7 Å². The largest absolute Gasteiger partial charge is 0.346 e. The fourth-order valence-electron chi connectivity index (χ4n) is 3.34. The minimum absolute atomic E-state index is 0.321. The van der Waals surface area contributed by atoms with Crippen molar-refractivity contribution in [1.82, 2.24) is 15.1 Å². The van der Waals surface area contributed by atoms with E-state index in [1.54, 1.807) is 10.9 Å². The smallest absolute Gasteiger partial charge is 0.323 e. The quantitative estimate of drug-likeness (QED) is 0.384. The lowest BCUT2D eigenvalue weighted by Crippen LogP contribution is -2.21. The summed E-state index contributed by atoms with van der Waals surface area (Å²) in [5.74, 6) is -1.19. The summed E-state index contributed by atoms with van der Waals surface area (Å²) >= 11 is 0. The summed E-state index contributed by atoms with van der Waals surface area (Å²) in [5.41, 5.74) is 3.53. The molecule has 0 saturated carbocycles. The van der Waals surface area contributed by atoms with Crippen molar-refractivity contribution < 1.29 is 14.4 Å². The molecule has 0 spiro atoms. The van der Waals surface area contributed by atoms with Gasteiger partial charge in [0, 0.05) is 23.9 Å². The van der Waals surface area contributed by atoms with Gasteiger partial charge in [-0.15, -0.1) is 0 Å². The van der Waals surface area contributed by atoms with E-state index in [9.17, 15) is 14.4 Å². The summed E-state index contributed by atoms with van der Waals surface area (Å²) in [5, 5.41) is 7.72. The summed E-state index contributed by atoms with van der Waals surface area (Å²) in [6, 6.07) is 28.4. The average molecular weight is 419 g/mol. The SMILES string of the molecule is O=P(O)(O)[C@H](NCc1ccccc1)c1cn(-c2ccccc2)nc1-c1ccccc1. The van der Waals surface area contributed by atoms with Crippen LogP contribution in [0.15, 0.2) is 97.2 Å². The minimum atomic E-state index is -4.52. The topological polar surface area (TPSA) is 87.4 Å². The van der Waals surface area contributed by atoms with Crippen molar-refractivity contribution in [2.24, 2.45) is 0 Å². The average Bonchev–Trinajstić information content (AvgIpc) is 3.20. The molecule has 0 radical (unpaired) electrons. The Bertz CT molecular complexity index is 1140. The Labute approximate surface area is 175 Å². The lowest BCUT2D eigenvalue weighted by molar-refractivity contribution is 0.347. The summed E-state index contributed by atoms with van der Waals surface area (Å²) in [4.78, 5) is 20.3. The van der Waals surface area contributed by atoms with Crippen molar-refractivity contribution in [3.8, 4) is 16.9 Å². The van der Waals surface area contributed by atoms with Crippen LogP contribution < -0.4 is 5.32 Å². The van der Waals surface area contributed by atoms with Crippen LogP contribution in [0, 0.1) is 0 Å². The summed E-state index contributed by atoms with van der Waals surface area (Å²) in [7, 11) is -4.52. The Balaban J connectivity index is 1.78. The van der Waals surface area contributed by atoms with Crippen LogP contribution in [0.1, 0.15) is 16.9 Å². The number of hydrogen-bond donors (Lipinski definition) is 3. The van der Waals surface area contributed by atoms with Crippen molar-refractivity contribution in [3.63, 3.8) is 0 Å². The summed E-state index contributed by atoms with van der Waals surface area (Å²) in [6.07, 6.45) is 1.69. The van der Waals surface area contributed by atoms with E-state index in [2.05, 4.69) is 10.4 Å². The van der Waals surface area contributed by atoms with E-state index in [-0.39, 0.29) is 0 Å². The van der Waals surface area contributed by atoms with E-state index >= 15 is 0 Å². The molecule has 4 aromatic rings. The van der Waals surface area contributed by atoms with Crippen molar-refractivity contribution in [2.75, 3.05) is 0 Å². The minimum Gasteiger partial charge on any atom is -0.323 e. The normalized spacial score (nSPS) is 12.6. The molecule has 7 heteroatoms. The van der Waals surface area contributed by atoms with Gasteiger partial charge in [-0.1, -0.05) is 78.9 Å². The molecule has 4 rings (SSSR count). The number of nitrogens with one attached hydrogen (secondary N) is 1. The lowest BCUT2D eigenvalue weighted by atomic mass is 10.1. The van der Waals surface area contributed by atoms with Gasteiger partial charge < -0.3 is 9.79 Å². The second-order valence-corrected chi connectivity index (χ2v) is 8.63. The molecule has 3 aromatic carbocycles. The summed E-state index contributed by atoms with van der Waals surface area (Å²) in [6.45, 7) is 0.321. The molecule has 0 aliphatic heterocycles. The zero-order valence-electron chi connectivity index (χ0n) is 16.2. The van der Waals surface area contributed by atoms with Crippen LogP contribution >= 0.6 is 7.60 Å². The maximum absolute atomic E-state index is 12.5. The highest BCUT2D eigenvalue weighted by Gasteiger charge is 2.34. The van der Waals surface area contributed by atoms with E-state index < -0.39 is 13.4 Å². The van der Waals surface area contributed by atoms with Crippen LogP contribution in [0.3, 0.4) is 0 Å². The molecule has 1 atom stereocenters. The highest BCUT2D eigenvalue weighted by atomic mass is 31.2. The number of nitrogens with zero attached hydrogens (tertiary/aromatic N) is 2. The predicted octanol–water partition coefficient (Wildman–Crippen LogP) is 4.51. The van der Waals surface area contributed by atoms with Crippen LogP contribution in [-0.4, -0.2) is 19.6 Å². The molecule has 0 amide bonds. The zero-order chi connectivity index (χ0) is 21.0. The Hall–Kier alpha value is -3.02. The number of benzene rings is 3. The van der Waals surface area contributed by atoms with Crippen molar-refractivity contribution in [2.45, 2.75) is 12.3 Å². The predicted molar refractivity (Wildman–Crippen MR) is 117 cm³/mol. The second-order valence-electron chi connectivity index (χ2n) is 6.94. The Morgan fingerprint density at radius 2 is 1.43 bits per heavy atom. The monoisotopic (exact) mass is 419 g/mol. The molecule has 0 aliphatic carbocycles. The number of aromatic nitrogens is 2. The first-order chi connectivity index (χ1) is 14.5. The van der Waals surface area contributed by atoms with E-state index in [1.165, 1.54) is 0 Å². The molecule has 6 nitrogen and oxygen atoms in total. The molecule has 0 unspecified atom stereocenters. The van der Waals surface area contributed by atoms with Crippen LogP contribution in [0.25, 0.3) is 16.9 Å². The molecule has 0 fully saturated rings. The fraction of sp³-hybridized carbons (Fsp3) is 0.0870. The molecular weight excluding hydrogens is 397 g/mol. The van der Waals surface area contributed by atoms with Crippen LogP contribution in [-0.2, 0) is 11.1 Å². The molecule has 1 heterocycles. The van der Waals surface area contributed by atoms with Gasteiger partial charge in [-0.3, -0.25) is 9.88 Å². The molecule has 30 heavy (non-hydrogen) atoms. The third-order valence-corrected chi connectivity index (χ3v) is 5.92. The number of hydrogen-bond acceptors (Lipinski definition) is 3. The van der Waals surface area contributed by atoms with Gasteiger partial charge >= 0.3 is 7.60 Å². The van der Waals surface area contributed by atoms with E-state index in [1.807, 2.05) is 91.0 Å². The standard InChI is InChI=1S/C23H22N3O3P/c27-30(28,29)23(24-16-18-10-4-1-5-11-18)21-17-26(20-14-8-3-9-15-20)25-22(21)19-12-6-2-7-13-19/h1-15,17,23-24H,16H2,(H2,27,28,29)/t23-/m0/s1. The maximum atomic E-state index is 12.5. The van der Waals surface area contributed by atoms with E-state index in [0.717, 1.165) is 16.8 Å². The Kier molecular flexibility index (Phi) is 5.93. The zero-order valence-corrected chi connectivity index (χ0v) is 17.1. The number of para-hydroxylation sites is 1. The van der Waals surface area contributed by atoms with Crippen LogP contribution in [0.4, 0.5) is 0 Å². The van der Waals surface area contributed by atoms with Gasteiger partial charge in [-0.2, -0.15) is 5.10 Å². The maximum Gasteiger partial charge on any atom is 0.346 e. The van der Waals surface area contributed by atoms with Crippen molar-refractivity contribution >= 4 is 7.60 Å². The molecule has 3 N–H and O–H groups in total. The van der Waals surface area contributed by atoms with Gasteiger partial charge in [0.05, 0.1) is 11.4 Å². The van der Waals surface area contributed by atoms with Gasteiger partial charge in [0.1, 0.15) is 5.78 Å². The molecule has 0 bridgehead atoms. The molecule has 0 saturated heterocycles. The Morgan fingerprint density at radius 3 is 2.03 bits per heavy atom. The first-order valence-corrected chi connectivity index (χ1v) is 11.2.